The van der Waals surface area contributed by atoms with Gasteiger partial charge in [0, 0.05) is 22.3 Å². The van der Waals surface area contributed by atoms with Gasteiger partial charge in [0.1, 0.15) is 0 Å². The van der Waals surface area contributed by atoms with Crippen molar-refractivity contribution in [1.29, 1.82) is 0 Å². The van der Waals surface area contributed by atoms with Crippen LogP contribution in [-0.4, -0.2) is 11.6 Å². The number of Topliss-reactive ketones (excluding diaryl/α,β-unsaturated/α-hetero) is 2. The number of carbonyl (C=O) groups is 2. The molecule has 64 valence electrons. The number of allylic oxidation sites excluding steroid dienone is 4. The third-order valence-corrected chi connectivity index (χ3v) is 2.49. The molecule has 0 unspecified atom stereocenters. The van der Waals surface area contributed by atoms with E-state index in [1.807, 2.05) is 0 Å². The van der Waals surface area contributed by atoms with Gasteiger partial charge in [-0.25, -0.2) is 0 Å². The largest absolute Gasteiger partial charge is 1.00 e. The highest BCUT2D eigenvalue weighted by Gasteiger charge is 2.24. The molecule has 0 aromatic carbocycles. The Hall–Kier alpha value is -1.18. The molecule has 0 aromatic rings. The topological polar surface area (TPSA) is 34.1 Å². The molecular weight excluding hydrogens is 152 g/mol. The summed E-state index contributed by atoms with van der Waals surface area (Å²) in [6.07, 6.45) is 0. The van der Waals surface area contributed by atoms with Gasteiger partial charge >= 0.3 is 1.43 Å². The van der Waals surface area contributed by atoms with Crippen molar-refractivity contribution >= 4 is 11.6 Å². The molecule has 0 radical (unpaired) electrons. The molecule has 0 atom stereocenters. The molecule has 2 heteroatoms. The van der Waals surface area contributed by atoms with Crippen LogP contribution in [0, 0.1) is 0 Å². The van der Waals surface area contributed by atoms with Crippen LogP contribution in [0.5, 0.6) is 0 Å². The molecule has 0 fully saturated rings. The number of ketones is 2. The Balaban J connectivity index is 0.00000144. The van der Waals surface area contributed by atoms with Crippen LogP contribution >= 0.6 is 0 Å². The van der Waals surface area contributed by atoms with Crippen molar-refractivity contribution in [3.8, 4) is 0 Å². The first-order valence-electron chi connectivity index (χ1n) is 3.91. The van der Waals surface area contributed by atoms with Crippen molar-refractivity contribution in [3.63, 3.8) is 0 Å². The van der Waals surface area contributed by atoms with Gasteiger partial charge in [0.25, 0.3) is 0 Å². The SMILES string of the molecule is CC1=C(C)C(=O)C(C)=C(C)C1=O.[H+]. The second kappa shape index (κ2) is 2.70. The molecule has 1 aliphatic rings. The average molecular weight is 165 g/mol. The van der Waals surface area contributed by atoms with Gasteiger partial charge in [-0.2, -0.15) is 0 Å². The maximum absolute atomic E-state index is 11.4. The molecule has 1 aliphatic carbocycles. The predicted octanol–water partition coefficient (Wildman–Crippen LogP) is 1.92. The first kappa shape index (κ1) is 8.91. The van der Waals surface area contributed by atoms with E-state index in [1.54, 1.807) is 27.7 Å². The van der Waals surface area contributed by atoms with Crippen LogP contribution in [0.1, 0.15) is 29.1 Å². The minimum Gasteiger partial charge on any atom is -0.289 e. The van der Waals surface area contributed by atoms with Gasteiger partial charge in [-0.3, -0.25) is 9.59 Å². The molecule has 0 saturated carbocycles. The summed E-state index contributed by atoms with van der Waals surface area (Å²) in [5, 5.41) is 0. The lowest BCUT2D eigenvalue weighted by Crippen LogP contribution is -2.18. The molecule has 0 bridgehead atoms. The fraction of sp³-hybridized carbons (Fsp3) is 0.400. The van der Waals surface area contributed by atoms with Gasteiger partial charge in [-0.1, -0.05) is 0 Å². The lowest BCUT2D eigenvalue weighted by Gasteiger charge is -2.15. The number of hydrogen-bond donors (Lipinski definition) is 0. The van der Waals surface area contributed by atoms with Crippen LogP contribution in [0.25, 0.3) is 0 Å². The van der Waals surface area contributed by atoms with E-state index in [9.17, 15) is 9.59 Å². The van der Waals surface area contributed by atoms with E-state index in [0.29, 0.717) is 22.3 Å². The van der Waals surface area contributed by atoms with Crippen LogP contribution in [0.15, 0.2) is 22.3 Å². The summed E-state index contributed by atoms with van der Waals surface area (Å²) in [4.78, 5) is 22.8. The summed E-state index contributed by atoms with van der Waals surface area (Å²) < 4.78 is 0. The zero-order chi connectivity index (χ0) is 9.46. The summed E-state index contributed by atoms with van der Waals surface area (Å²) in [6.45, 7) is 6.80. The molecular formula is C10H13O2+. The van der Waals surface area contributed by atoms with Gasteiger partial charge in [0.05, 0.1) is 0 Å². The van der Waals surface area contributed by atoms with E-state index in [1.165, 1.54) is 0 Å². The Morgan fingerprint density at radius 1 is 0.667 bits per heavy atom. The van der Waals surface area contributed by atoms with E-state index in [0.717, 1.165) is 0 Å². The summed E-state index contributed by atoms with van der Waals surface area (Å²) in [5.41, 5.74) is 2.34. The van der Waals surface area contributed by atoms with Gasteiger partial charge in [-0.05, 0) is 27.7 Å². The van der Waals surface area contributed by atoms with Gasteiger partial charge < -0.3 is 0 Å². The molecule has 0 N–H and O–H groups in total. The van der Waals surface area contributed by atoms with Crippen LogP contribution in [-0.2, 0) is 9.59 Å². The second-order valence-corrected chi connectivity index (χ2v) is 3.16. The zero-order valence-corrected chi connectivity index (χ0v) is 7.82. The van der Waals surface area contributed by atoms with Gasteiger partial charge in [0.15, 0.2) is 11.6 Å². The molecule has 0 saturated heterocycles. The Morgan fingerprint density at radius 3 is 1.00 bits per heavy atom. The van der Waals surface area contributed by atoms with Crippen LogP contribution < -0.4 is 0 Å². The first-order valence-corrected chi connectivity index (χ1v) is 3.91. The minimum absolute atomic E-state index is 0. The smallest absolute Gasteiger partial charge is 0.289 e. The summed E-state index contributed by atoms with van der Waals surface area (Å²) >= 11 is 0. The monoisotopic (exact) mass is 165 g/mol. The summed E-state index contributed by atoms with van der Waals surface area (Å²) in [7, 11) is 0. The van der Waals surface area contributed by atoms with E-state index in [4.69, 9.17) is 0 Å². The van der Waals surface area contributed by atoms with Crippen LogP contribution in [0.4, 0.5) is 0 Å². The van der Waals surface area contributed by atoms with Crippen LogP contribution in [0.2, 0.25) is 0 Å². The normalized spacial score (nSPS) is 19.3. The number of hydrogen-bond acceptors (Lipinski definition) is 2. The Morgan fingerprint density at radius 2 is 0.833 bits per heavy atom. The average Bonchev–Trinajstić information content (AvgIpc) is 2.08. The maximum Gasteiger partial charge on any atom is 1.00 e. The van der Waals surface area contributed by atoms with Crippen LogP contribution in [0.3, 0.4) is 0 Å². The van der Waals surface area contributed by atoms with E-state index in [2.05, 4.69) is 0 Å². The van der Waals surface area contributed by atoms with Gasteiger partial charge in [-0.15, -0.1) is 0 Å². The Labute approximate surface area is 73.4 Å². The Kier molecular flexibility index (Phi) is 2.01. The second-order valence-electron chi connectivity index (χ2n) is 3.16. The van der Waals surface area contributed by atoms with Crippen molar-refractivity contribution in [1.82, 2.24) is 0 Å². The zero-order valence-electron chi connectivity index (χ0n) is 8.82. The van der Waals surface area contributed by atoms with E-state index in [-0.39, 0.29) is 13.0 Å². The quantitative estimate of drug-likeness (QED) is 0.514. The van der Waals surface area contributed by atoms with Crippen molar-refractivity contribution in [2.75, 3.05) is 0 Å². The molecule has 2 nitrogen and oxygen atoms in total. The van der Waals surface area contributed by atoms with Gasteiger partial charge in [0.2, 0.25) is 0 Å². The van der Waals surface area contributed by atoms with E-state index >= 15 is 0 Å². The first-order chi connectivity index (χ1) is 5.46. The fourth-order valence-electron chi connectivity index (χ4n) is 1.24. The van der Waals surface area contributed by atoms with E-state index < -0.39 is 0 Å². The molecule has 0 spiro atoms. The molecule has 1 rings (SSSR count). The Bertz CT molecular complexity index is 273. The van der Waals surface area contributed by atoms with Crippen molar-refractivity contribution < 1.29 is 11.0 Å². The summed E-state index contributed by atoms with van der Waals surface area (Å²) in [5.74, 6) is 0.00852. The summed E-state index contributed by atoms with van der Waals surface area (Å²) in [6, 6.07) is 0. The fourth-order valence-corrected chi connectivity index (χ4v) is 1.24. The highest BCUT2D eigenvalue weighted by atomic mass is 16.1. The van der Waals surface area contributed by atoms with Crippen molar-refractivity contribution in [3.05, 3.63) is 22.3 Å². The molecule has 0 heterocycles. The third-order valence-electron chi connectivity index (χ3n) is 2.49. The molecule has 0 aliphatic heterocycles. The molecule has 0 amide bonds. The number of rotatable bonds is 0. The lowest BCUT2D eigenvalue weighted by molar-refractivity contribution is -0.116. The lowest BCUT2D eigenvalue weighted by atomic mass is 9.87. The maximum atomic E-state index is 11.4. The van der Waals surface area contributed by atoms with Crippen molar-refractivity contribution in [2.45, 2.75) is 27.7 Å². The predicted molar refractivity (Wildman–Crippen MR) is 47.9 cm³/mol. The highest BCUT2D eigenvalue weighted by Crippen LogP contribution is 2.23. The number of carbonyl (C=O) groups excluding carboxylic acids is 2. The standard InChI is InChI=1S/C10H12O2/c1-5-6(2)10(12)8(4)7(3)9(5)11/h1-4H3/p+1. The van der Waals surface area contributed by atoms with Crippen molar-refractivity contribution in [2.24, 2.45) is 0 Å². The highest BCUT2D eigenvalue weighted by molar-refractivity contribution is 6.24. The molecule has 0 aromatic heterocycles. The third kappa shape index (κ3) is 1.04. The molecule has 12 heavy (non-hydrogen) atoms. The minimum atomic E-state index is 0.